The normalized spacial score (nSPS) is 17.9. The summed E-state index contributed by atoms with van der Waals surface area (Å²) in [6.45, 7) is 2.47. The molecule has 0 bridgehead atoms. The number of ether oxygens (including phenoxy) is 1. The average Bonchev–Trinajstić information content (AvgIpc) is 3.13. The number of fused-ring (bicyclic) bond motifs is 2. The Morgan fingerprint density at radius 2 is 2.00 bits per heavy atom. The number of rotatable bonds is 3. The van der Waals surface area contributed by atoms with Gasteiger partial charge in [0.2, 0.25) is 0 Å². The molecule has 30 heavy (non-hydrogen) atoms. The summed E-state index contributed by atoms with van der Waals surface area (Å²) in [5.74, 6) is -0.182. The van der Waals surface area contributed by atoms with Crippen LogP contribution in [0.3, 0.4) is 0 Å². The van der Waals surface area contributed by atoms with Crippen LogP contribution in [0.15, 0.2) is 70.0 Å². The number of amides is 1. The van der Waals surface area contributed by atoms with Gasteiger partial charge >= 0.3 is 5.76 Å². The maximum absolute atomic E-state index is 13.3. The summed E-state index contributed by atoms with van der Waals surface area (Å²) < 4.78 is 10.8. The fraction of sp³-hybridized carbons (Fsp3) is 0.174. The number of nitrogens with one attached hydrogen (secondary N) is 2. The first-order valence-electron chi connectivity index (χ1n) is 9.66. The number of carbonyl (C=O) groups is 1. The zero-order valence-electron chi connectivity index (χ0n) is 16.3. The molecule has 2 aromatic carbocycles. The van der Waals surface area contributed by atoms with Gasteiger partial charge in [0, 0.05) is 18.2 Å². The second kappa shape index (κ2) is 6.88. The highest BCUT2D eigenvalue weighted by Crippen LogP contribution is 2.40. The molecular formula is C23H19N3O4. The summed E-state index contributed by atoms with van der Waals surface area (Å²) in [7, 11) is 0. The zero-order chi connectivity index (χ0) is 20.7. The highest BCUT2D eigenvalue weighted by Gasteiger charge is 2.42. The van der Waals surface area contributed by atoms with E-state index >= 15 is 0 Å². The smallest absolute Gasteiger partial charge is 0.417 e. The van der Waals surface area contributed by atoms with Crippen molar-refractivity contribution in [2.24, 2.45) is 0 Å². The molecule has 0 saturated heterocycles. The third-order valence-corrected chi connectivity index (χ3v) is 5.46. The van der Waals surface area contributed by atoms with Crippen LogP contribution in [0.2, 0.25) is 0 Å². The fourth-order valence-corrected chi connectivity index (χ4v) is 3.93. The van der Waals surface area contributed by atoms with Crippen molar-refractivity contribution in [3.05, 3.63) is 93.7 Å². The van der Waals surface area contributed by atoms with E-state index in [2.05, 4.69) is 15.3 Å². The van der Waals surface area contributed by atoms with Crippen LogP contribution in [0.4, 0.5) is 0 Å². The molecule has 7 heteroatoms. The molecule has 1 amide bonds. The molecule has 2 N–H and O–H groups in total. The van der Waals surface area contributed by atoms with Gasteiger partial charge in [0.05, 0.1) is 12.1 Å². The number of oxazole rings is 1. The van der Waals surface area contributed by atoms with Gasteiger partial charge in [-0.05, 0) is 42.8 Å². The Balaban J connectivity index is 1.61. The molecule has 0 unspecified atom stereocenters. The molecule has 1 aliphatic heterocycles. The predicted molar refractivity (Wildman–Crippen MR) is 111 cm³/mol. The maximum atomic E-state index is 13.3. The maximum Gasteiger partial charge on any atom is 0.417 e. The van der Waals surface area contributed by atoms with Gasteiger partial charge in [-0.3, -0.25) is 14.8 Å². The number of hydrogen-bond donors (Lipinski definition) is 2. The Morgan fingerprint density at radius 3 is 2.83 bits per heavy atom. The minimum absolute atomic E-state index is 0.280. The highest BCUT2D eigenvalue weighted by atomic mass is 16.5. The largest absolute Gasteiger partial charge is 0.491 e. The molecule has 4 aromatic rings. The van der Waals surface area contributed by atoms with E-state index in [1.165, 1.54) is 0 Å². The molecular weight excluding hydrogens is 382 g/mol. The number of aromatic amines is 1. The molecule has 0 radical (unpaired) electrons. The van der Waals surface area contributed by atoms with Crippen LogP contribution in [-0.4, -0.2) is 22.5 Å². The first-order chi connectivity index (χ1) is 14.5. The molecule has 5 rings (SSSR count). The van der Waals surface area contributed by atoms with E-state index < -0.39 is 11.3 Å². The number of aromatic nitrogens is 2. The van der Waals surface area contributed by atoms with Crippen molar-refractivity contribution in [2.45, 2.75) is 18.9 Å². The van der Waals surface area contributed by atoms with E-state index in [0.29, 0.717) is 41.1 Å². The van der Waals surface area contributed by atoms with Crippen LogP contribution in [0.25, 0.3) is 11.1 Å². The molecule has 2 aromatic heterocycles. The van der Waals surface area contributed by atoms with E-state index in [1.807, 2.05) is 43.3 Å². The molecule has 1 aliphatic rings. The lowest BCUT2D eigenvalue weighted by atomic mass is 9.81. The van der Waals surface area contributed by atoms with E-state index in [-0.39, 0.29) is 5.91 Å². The van der Waals surface area contributed by atoms with Crippen molar-refractivity contribution in [3.8, 4) is 5.75 Å². The molecule has 7 nitrogen and oxygen atoms in total. The van der Waals surface area contributed by atoms with Gasteiger partial charge in [0.15, 0.2) is 5.58 Å². The summed E-state index contributed by atoms with van der Waals surface area (Å²) in [6.07, 6.45) is 2.24. The Kier molecular flexibility index (Phi) is 4.17. The van der Waals surface area contributed by atoms with Gasteiger partial charge < -0.3 is 14.5 Å². The van der Waals surface area contributed by atoms with E-state index in [0.717, 1.165) is 11.1 Å². The standard InChI is InChI=1S/C23H19N3O4/c1-14-4-7-16(8-5-14)23(10-12-29-19-3-2-11-24-20(19)23)26-21(27)15-6-9-18-17(13-15)25-22(28)30-18/h2-9,11,13H,10,12H2,1H3,(H,25,28)(H,26,27)/t23-/m0/s1. The lowest BCUT2D eigenvalue weighted by Crippen LogP contribution is -2.50. The predicted octanol–water partition coefficient (Wildman–Crippen LogP) is 3.28. The molecule has 1 atom stereocenters. The van der Waals surface area contributed by atoms with Crippen molar-refractivity contribution in [2.75, 3.05) is 6.61 Å². The molecule has 3 heterocycles. The molecule has 0 spiro atoms. The minimum atomic E-state index is -0.835. The Hall–Kier alpha value is -3.87. The van der Waals surface area contributed by atoms with Crippen LogP contribution in [0.1, 0.15) is 33.6 Å². The number of carbonyl (C=O) groups excluding carboxylic acids is 1. The van der Waals surface area contributed by atoms with Gasteiger partial charge in [0.25, 0.3) is 5.91 Å². The highest BCUT2D eigenvalue weighted by molar-refractivity contribution is 5.97. The Bertz CT molecular complexity index is 1310. The minimum Gasteiger partial charge on any atom is -0.491 e. The van der Waals surface area contributed by atoms with Gasteiger partial charge in [0.1, 0.15) is 17.0 Å². The van der Waals surface area contributed by atoms with Crippen LogP contribution in [-0.2, 0) is 5.54 Å². The zero-order valence-corrected chi connectivity index (χ0v) is 16.3. The fourth-order valence-electron chi connectivity index (χ4n) is 3.93. The first-order valence-corrected chi connectivity index (χ1v) is 9.66. The monoisotopic (exact) mass is 401 g/mol. The van der Waals surface area contributed by atoms with Crippen LogP contribution >= 0.6 is 0 Å². The SMILES string of the molecule is Cc1ccc([C@@]2(NC(=O)c3ccc4oc(=O)[nH]c4c3)CCOc3cccnc32)cc1. The number of pyridine rings is 1. The summed E-state index contributed by atoms with van der Waals surface area (Å²) >= 11 is 0. The third kappa shape index (κ3) is 2.95. The van der Waals surface area contributed by atoms with Gasteiger partial charge in [-0.25, -0.2) is 4.79 Å². The number of H-pyrrole nitrogens is 1. The van der Waals surface area contributed by atoms with Gasteiger partial charge in [-0.1, -0.05) is 29.8 Å². The van der Waals surface area contributed by atoms with Crippen molar-refractivity contribution in [1.29, 1.82) is 0 Å². The van der Waals surface area contributed by atoms with Crippen LogP contribution < -0.4 is 15.8 Å². The number of benzene rings is 2. The van der Waals surface area contributed by atoms with Crippen molar-refractivity contribution >= 4 is 17.0 Å². The molecule has 150 valence electrons. The van der Waals surface area contributed by atoms with Gasteiger partial charge in [-0.2, -0.15) is 0 Å². The Morgan fingerprint density at radius 1 is 1.17 bits per heavy atom. The summed E-state index contributed by atoms with van der Waals surface area (Å²) in [6, 6.07) is 16.6. The van der Waals surface area contributed by atoms with Crippen LogP contribution in [0, 0.1) is 6.92 Å². The number of nitrogens with zero attached hydrogens (tertiary/aromatic N) is 1. The van der Waals surface area contributed by atoms with E-state index in [4.69, 9.17) is 9.15 Å². The lowest BCUT2D eigenvalue weighted by molar-refractivity contribution is 0.0884. The number of hydrogen-bond acceptors (Lipinski definition) is 5. The van der Waals surface area contributed by atoms with Crippen LogP contribution in [0.5, 0.6) is 5.75 Å². The number of aryl methyl sites for hydroxylation is 1. The Labute approximate surface area is 171 Å². The molecule has 0 saturated carbocycles. The molecule has 0 fully saturated rings. The van der Waals surface area contributed by atoms with E-state index in [9.17, 15) is 9.59 Å². The topological polar surface area (TPSA) is 97.2 Å². The van der Waals surface area contributed by atoms with E-state index in [1.54, 1.807) is 24.4 Å². The molecule has 0 aliphatic carbocycles. The second-order valence-electron chi connectivity index (χ2n) is 7.40. The first kappa shape index (κ1) is 18.2. The third-order valence-electron chi connectivity index (χ3n) is 5.46. The summed E-state index contributed by atoms with van der Waals surface area (Å²) in [4.78, 5) is 31.9. The van der Waals surface area contributed by atoms with Crippen molar-refractivity contribution in [3.63, 3.8) is 0 Å². The van der Waals surface area contributed by atoms with Crippen molar-refractivity contribution < 1.29 is 13.9 Å². The quantitative estimate of drug-likeness (QED) is 0.549. The summed E-state index contributed by atoms with van der Waals surface area (Å²) in [5.41, 5.74) is 3.19. The lowest BCUT2D eigenvalue weighted by Gasteiger charge is -2.39. The summed E-state index contributed by atoms with van der Waals surface area (Å²) in [5, 5.41) is 3.21. The second-order valence-corrected chi connectivity index (χ2v) is 7.40. The average molecular weight is 401 g/mol. The van der Waals surface area contributed by atoms with Gasteiger partial charge in [-0.15, -0.1) is 0 Å². The van der Waals surface area contributed by atoms with Crippen molar-refractivity contribution in [1.82, 2.24) is 15.3 Å².